The fourth-order valence-corrected chi connectivity index (χ4v) is 6.33. The van der Waals surface area contributed by atoms with Gasteiger partial charge < -0.3 is 0 Å². The van der Waals surface area contributed by atoms with E-state index in [1.54, 1.807) is 0 Å². The van der Waals surface area contributed by atoms with Gasteiger partial charge in [0.1, 0.15) is 0 Å². The molecule has 3 aromatic rings. The molecule has 0 aromatic carbocycles. The average molecular weight is 496 g/mol. The van der Waals surface area contributed by atoms with Gasteiger partial charge in [-0.15, -0.1) is 0 Å². The summed E-state index contributed by atoms with van der Waals surface area (Å²) in [6.07, 6.45) is 5.47. The molecule has 10 heteroatoms. The summed E-state index contributed by atoms with van der Waals surface area (Å²) in [7, 11) is 0. The van der Waals surface area contributed by atoms with Crippen molar-refractivity contribution in [3.05, 3.63) is 35.5 Å². The van der Waals surface area contributed by atoms with Crippen LogP contribution in [0.15, 0.2) is 18.6 Å². The zero-order chi connectivity index (χ0) is 22.8. The standard InChI is InChI=1S/C22H29AsN8O/c1-13(2)30-8-6-16(7-9-30)32-22-18-14(3)5-10-31(18)29-21(28-22)15(4)23-19-17(11-24)20(25)27-12-26-19/h5,10,12-13,15-16,23H,6-9H2,1-4H3,(H2,25,26,27). The van der Waals surface area contributed by atoms with Crippen LogP contribution in [0.5, 0.6) is 5.88 Å². The van der Waals surface area contributed by atoms with Crippen molar-refractivity contribution >= 4 is 31.6 Å². The van der Waals surface area contributed by atoms with Crippen molar-refractivity contribution in [2.24, 2.45) is 0 Å². The van der Waals surface area contributed by atoms with Gasteiger partial charge in [-0.05, 0) is 0 Å². The van der Waals surface area contributed by atoms with E-state index in [0.717, 1.165) is 41.5 Å². The average Bonchev–Trinajstić information content (AvgIpc) is 3.15. The molecular weight excluding hydrogens is 467 g/mol. The zero-order valence-electron chi connectivity index (χ0n) is 18.9. The number of fused-ring (bicyclic) bond motifs is 1. The topological polar surface area (TPSA) is 118 Å². The Morgan fingerprint density at radius 3 is 2.69 bits per heavy atom. The van der Waals surface area contributed by atoms with Crippen LogP contribution in [-0.2, 0) is 0 Å². The first-order chi connectivity index (χ1) is 15.4. The van der Waals surface area contributed by atoms with Crippen LogP contribution < -0.4 is 15.0 Å². The molecule has 2 atom stereocenters. The molecule has 0 spiro atoms. The molecule has 1 aliphatic rings. The van der Waals surface area contributed by atoms with Crippen molar-refractivity contribution in [1.29, 1.82) is 5.26 Å². The number of likely N-dealkylation sites (tertiary alicyclic amines) is 1. The molecule has 9 nitrogen and oxygen atoms in total. The molecule has 0 radical (unpaired) electrons. The summed E-state index contributed by atoms with van der Waals surface area (Å²) in [5.74, 6) is 1.56. The second-order valence-corrected chi connectivity index (χ2v) is 11.9. The Labute approximate surface area is 194 Å². The first-order valence-electron chi connectivity index (χ1n) is 10.9. The van der Waals surface area contributed by atoms with Crippen LogP contribution in [0, 0.1) is 18.3 Å². The van der Waals surface area contributed by atoms with E-state index in [0.29, 0.717) is 23.3 Å². The van der Waals surface area contributed by atoms with Crippen LogP contribution >= 0.6 is 0 Å². The van der Waals surface area contributed by atoms with Crippen molar-refractivity contribution in [3.63, 3.8) is 0 Å². The number of nitriles is 1. The number of aromatic nitrogens is 5. The number of nitrogens with two attached hydrogens (primary N) is 1. The Morgan fingerprint density at radius 1 is 1.25 bits per heavy atom. The predicted molar refractivity (Wildman–Crippen MR) is 124 cm³/mol. The van der Waals surface area contributed by atoms with Crippen molar-refractivity contribution < 1.29 is 4.74 Å². The minimum atomic E-state index is -0.873. The molecule has 2 unspecified atom stereocenters. The van der Waals surface area contributed by atoms with Crippen molar-refractivity contribution in [1.82, 2.24) is 29.5 Å². The first-order valence-corrected chi connectivity index (χ1v) is 13.2. The Morgan fingerprint density at radius 2 is 2.00 bits per heavy atom. The zero-order valence-corrected chi connectivity index (χ0v) is 21.0. The number of hydrogen-bond donors (Lipinski definition) is 1. The fraction of sp³-hybridized carbons (Fsp3) is 0.500. The summed E-state index contributed by atoms with van der Waals surface area (Å²) in [6, 6.07) is 4.72. The number of rotatable bonds is 6. The minimum absolute atomic E-state index is 0.0358. The second-order valence-electron chi connectivity index (χ2n) is 8.47. The van der Waals surface area contributed by atoms with E-state index in [-0.39, 0.29) is 16.6 Å². The number of nitrogen functional groups attached to an aromatic ring is 1. The van der Waals surface area contributed by atoms with E-state index in [2.05, 4.69) is 41.7 Å². The van der Waals surface area contributed by atoms with Crippen LogP contribution in [0.2, 0.25) is 0 Å². The molecule has 1 saturated heterocycles. The third-order valence-electron chi connectivity index (χ3n) is 5.91. The summed E-state index contributed by atoms with van der Waals surface area (Å²) in [5.41, 5.74) is 8.24. The van der Waals surface area contributed by atoms with Gasteiger partial charge in [0.2, 0.25) is 0 Å². The third-order valence-corrected chi connectivity index (χ3v) is 8.73. The van der Waals surface area contributed by atoms with E-state index in [1.165, 1.54) is 6.33 Å². The number of anilines is 1. The van der Waals surface area contributed by atoms with Gasteiger partial charge in [-0.25, -0.2) is 0 Å². The Bertz CT molecular complexity index is 1150. The van der Waals surface area contributed by atoms with E-state index in [4.69, 9.17) is 20.6 Å². The third kappa shape index (κ3) is 4.57. The number of nitrogens with zero attached hydrogens (tertiary/aromatic N) is 7. The first kappa shape index (κ1) is 22.5. The summed E-state index contributed by atoms with van der Waals surface area (Å²) >= 11 is -0.873. The van der Waals surface area contributed by atoms with Gasteiger partial charge in [0.15, 0.2) is 0 Å². The van der Waals surface area contributed by atoms with Gasteiger partial charge in [0.05, 0.1) is 0 Å². The molecule has 168 valence electrons. The molecule has 3 aromatic heterocycles. The molecule has 4 heterocycles. The Kier molecular flexibility index (Phi) is 6.63. The van der Waals surface area contributed by atoms with E-state index in [1.807, 2.05) is 23.7 Å². The van der Waals surface area contributed by atoms with Gasteiger partial charge in [0.25, 0.3) is 0 Å². The fourth-order valence-electron chi connectivity index (χ4n) is 3.98. The molecule has 1 aliphatic heterocycles. The maximum absolute atomic E-state index is 9.46. The Hall–Kier alpha value is -2.69. The van der Waals surface area contributed by atoms with Crippen LogP contribution in [-0.4, -0.2) is 70.5 Å². The molecule has 4 rings (SSSR count). The van der Waals surface area contributed by atoms with Crippen LogP contribution in [0.4, 0.5) is 5.82 Å². The van der Waals surface area contributed by atoms with Gasteiger partial charge in [-0.2, -0.15) is 0 Å². The van der Waals surface area contributed by atoms with Crippen molar-refractivity contribution in [2.75, 3.05) is 18.8 Å². The number of hydrogen-bond acceptors (Lipinski definition) is 8. The van der Waals surface area contributed by atoms with E-state index < -0.39 is 15.8 Å². The normalized spacial score (nSPS) is 16.8. The van der Waals surface area contributed by atoms with E-state index in [9.17, 15) is 5.26 Å². The van der Waals surface area contributed by atoms with Crippen molar-refractivity contribution in [3.8, 4) is 11.9 Å². The monoisotopic (exact) mass is 496 g/mol. The van der Waals surface area contributed by atoms with E-state index >= 15 is 0 Å². The van der Waals surface area contributed by atoms with Gasteiger partial charge in [0, 0.05) is 0 Å². The second kappa shape index (κ2) is 9.43. The number of piperidine rings is 1. The predicted octanol–water partition coefficient (Wildman–Crippen LogP) is 1.36. The van der Waals surface area contributed by atoms with Gasteiger partial charge in [-0.1, -0.05) is 0 Å². The van der Waals surface area contributed by atoms with Crippen LogP contribution in [0.1, 0.15) is 55.3 Å². The summed E-state index contributed by atoms with van der Waals surface area (Å²) in [4.78, 5) is 15.6. The molecule has 0 bridgehead atoms. The SMILES string of the molecule is Cc1ccn2nc(C(C)[AsH]c3ncnc(N)c3C#N)nc(OC3CCN(C(C)C)CC3)c12. The molecule has 32 heavy (non-hydrogen) atoms. The number of aryl methyl sites for hydroxylation is 1. The Balaban J connectivity index is 1.60. The summed E-state index contributed by atoms with van der Waals surface area (Å²) in [5, 5.41) is 14.2. The molecule has 0 saturated carbocycles. The van der Waals surface area contributed by atoms with Crippen molar-refractivity contribution in [2.45, 2.75) is 57.4 Å². The molecule has 0 amide bonds. The van der Waals surface area contributed by atoms with Gasteiger partial charge in [-0.3, -0.25) is 0 Å². The summed E-state index contributed by atoms with van der Waals surface area (Å²) < 4.78 is 9.08. The number of ether oxygens (including phenoxy) is 1. The molecule has 2 N–H and O–H groups in total. The maximum atomic E-state index is 9.46. The van der Waals surface area contributed by atoms with Crippen LogP contribution in [0.25, 0.3) is 5.52 Å². The molecular formula is C22H29AsN8O. The quantitative estimate of drug-likeness (QED) is 0.509. The van der Waals surface area contributed by atoms with Crippen LogP contribution in [0.3, 0.4) is 0 Å². The summed E-state index contributed by atoms with van der Waals surface area (Å²) in [6.45, 7) is 10.7. The van der Waals surface area contributed by atoms with Gasteiger partial charge >= 0.3 is 195 Å². The molecule has 1 fully saturated rings. The molecule has 0 aliphatic carbocycles.